The van der Waals surface area contributed by atoms with Gasteiger partial charge in [-0.2, -0.15) is 0 Å². The Kier molecular flexibility index (Phi) is 3.82. The van der Waals surface area contributed by atoms with Gasteiger partial charge in [0.15, 0.2) is 11.5 Å². The van der Waals surface area contributed by atoms with Gasteiger partial charge in [0, 0.05) is 12.3 Å². The summed E-state index contributed by atoms with van der Waals surface area (Å²) >= 11 is 0. The van der Waals surface area contributed by atoms with Crippen molar-refractivity contribution in [3.63, 3.8) is 0 Å². The number of hydrogen-bond acceptors (Lipinski definition) is 4. The van der Waals surface area contributed by atoms with Gasteiger partial charge in [0.05, 0.1) is 7.11 Å². The normalized spacial score (nSPS) is 32.9. The number of esters is 1. The predicted octanol–water partition coefficient (Wildman–Crippen LogP) is 4.10. The van der Waals surface area contributed by atoms with Crippen LogP contribution in [-0.4, -0.2) is 24.3 Å². The molecule has 0 spiro atoms. The number of phenols is 1. The van der Waals surface area contributed by atoms with Crippen molar-refractivity contribution in [2.75, 3.05) is 7.11 Å². The lowest BCUT2D eigenvalue weighted by Gasteiger charge is -2.46. The van der Waals surface area contributed by atoms with E-state index < -0.39 is 0 Å². The van der Waals surface area contributed by atoms with Crippen molar-refractivity contribution in [2.45, 2.75) is 52.1 Å². The summed E-state index contributed by atoms with van der Waals surface area (Å²) in [6.45, 7) is 3.80. The minimum Gasteiger partial charge on any atom is -0.504 e. The maximum Gasteiger partial charge on any atom is 0.302 e. The van der Waals surface area contributed by atoms with Crippen LogP contribution in [0.4, 0.5) is 0 Å². The summed E-state index contributed by atoms with van der Waals surface area (Å²) in [6, 6.07) is 3.85. The van der Waals surface area contributed by atoms with E-state index in [1.54, 1.807) is 7.11 Å². The average Bonchev–Trinajstić information content (AvgIpc) is 2.90. The van der Waals surface area contributed by atoms with Gasteiger partial charge in [-0.3, -0.25) is 4.79 Å². The van der Waals surface area contributed by atoms with Crippen molar-refractivity contribution >= 4 is 11.5 Å². The standard InChI is InChI=1S/C21H26O4/c1-12(22)25-20-7-6-17-15-5-4-13-10-18(23)19(24-3)11-16(13)14(15)8-9-21(17,20)2/h8,10-11,15,17,20,23H,4-7,9H2,1-3H3/t15?,17?,20-,21?/m0/s1. The van der Waals surface area contributed by atoms with E-state index in [4.69, 9.17) is 9.47 Å². The van der Waals surface area contributed by atoms with Crippen LogP contribution in [0.25, 0.3) is 5.57 Å². The lowest BCUT2D eigenvalue weighted by atomic mass is 9.60. The van der Waals surface area contributed by atoms with E-state index in [0.717, 1.165) is 32.1 Å². The number of allylic oxidation sites excluding steroid dienone is 2. The first-order valence-electron chi connectivity index (χ1n) is 9.21. The fourth-order valence-electron chi connectivity index (χ4n) is 5.49. The number of rotatable bonds is 2. The van der Waals surface area contributed by atoms with Gasteiger partial charge in [-0.25, -0.2) is 0 Å². The van der Waals surface area contributed by atoms with E-state index in [9.17, 15) is 9.90 Å². The number of carbonyl (C=O) groups is 1. The van der Waals surface area contributed by atoms with Crippen molar-refractivity contribution in [3.05, 3.63) is 29.3 Å². The van der Waals surface area contributed by atoms with Gasteiger partial charge in [-0.15, -0.1) is 0 Å². The van der Waals surface area contributed by atoms with Crippen LogP contribution in [0.1, 0.15) is 50.7 Å². The number of hydrogen-bond donors (Lipinski definition) is 1. The Hall–Kier alpha value is -1.97. The van der Waals surface area contributed by atoms with Gasteiger partial charge in [0.2, 0.25) is 0 Å². The molecule has 0 radical (unpaired) electrons. The largest absolute Gasteiger partial charge is 0.504 e. The molecule has 1 fully saturated rings. The summed E-state index contributed by atoms with van der Waals surface area (Å²) in [5.41, 5.74) is 3.87. The van der Waals surface area contributed by atoms with Crippen LogP contribution in [0.3, 0.4) is 0 Å². The number of ether oxygens (including phenoxy) is 2. The molecule has 1 aromatic rings. The summed E-state index contributed by atoms with van der Waals surface area (Å²) in [5, 5.41) is 10.1. The summed E-state index contributed by atoms with van der Waals surface area (Å²) in [5.74, 6) is 1.64. The molecule has 0 heterocycles. The molecule has 0 bridgehead atoms. The second kappa shape index (κ2) is 5.79. The summed E-state index contributed by atoms with van der Waals surface area (Å²) in [6.07, 6.45) is 7.45. The molecule has 4 nitrogen and oxygen atoms in total. The maximum atomic E-state index is 11.5. The third kappa shape index (κ3) is 2.45. The topological polar surface area (TPSA) is 55.8 Å². The van der Waals surface area contributed by atoms with Crippen molar-refractivity contribution in [2.24, 2.45) is 17.3 Å². The Morgan fingerprint density at radius 3 is 2.80 bits per heavy atom. The molecule has 4 atom stereocenters. The lowest BCUT2D eigenvalue weighted by Crippen LogP contribution is -2.41. The Morgan fingerprint density at radius 1 is 1.28 bits per heavy atom. The smallest absolute Gasteiger partial charge is 0.302 e. The molecule has 3 aliphatic rings. The number of fused-ring (bicyclic) bond motifs is 5. The minimum absolute atomic E-state index is 0.0311. The zero-order valence-corrected chi connectivity index (χ0v) is 15.2. The molecule has 3 unspecified atom stereocenters. The highest BCUT2D eigenvalue weighted by molar-refractivity contribution is 5.75. The minimum atomic E-state index is -0.171. The Morgan fingerprint density at radius 2 is 2.08 bits per heavy atom. The highest BCUT2D eigenvalue weighted by atomic mass is 16.5. The lowest BCUT2D eigenvalue weighted by molar-refractivity contribution is -0.152. The predicted molar refractivity (Wildman–Crippen MR) is 95.4 cm³/mol. The number of benzene rings is 1. The number of methoxy groups -OCH3 is 1. The number of carbonyl (C=O) groups excluding carboxylic acids is 1. The highest BCUT2D eigenvalue weighted by Gasteiger charge is 2.53. The molecular formula is C21H26O4. The van der Waals surface area contributed by atoms with Gasteiger partial charge >= 0.3 is 5.97 Å². The number of aromatic hydroxyl groups is 1. The molecule has 134 valence electrons. The first-order valence-corrected chi connectivity index (χ1v) is 9.21. The van der Waals surface area contributed by atoms with Crippen molar-refractivity contribution < 1.29 is 19.4 Å². The van der Waals surface area contributed by atoms with Gasteiger partial charge in [0.1, 0.15) is 6.10 Å². The third-order valence-corrected chi connectivity index (χ3v) is 6.72. The second-order valence-corrected chi connectivity index (χ2v) is 7.98. The molecule has 1 N–H and O–H groups in total. The monoisotopic (exact) mass is 342 g/mol. The van der Waals surface area contributed by atoms with Crippen molar-refractivity contribution in [3.8, 4) is 11.5 Å². The SMILES string of the molecule is COc1cc2c(cc1O)CCC1C2=CCC2(C)C1CC[C@@H]2OC(C)=O. The molecule has 4 rings (SSSR count). The molecule has 1 aromatic carbocycles. The molecule has 3 aliphatic carbocycles. The van der Waals surface area contributed by atoms with Gasteiger partial charge in [0.25, 0.3) is 0 Å². The summed E-state index contributed by atoms with van der Waals surface area (Å²) in [4.78, 5) is 11.5. The molecule has 0 amide bonds. The van der Waals surface area contributed by atoms with Crippen molar-refractivity contribution in [1.29, 1.82) is 0 Å². The zero-order chi connectivity index (χ0) is 17.8. The van der Waals surface area contributed by atoms with Crippen molar-refractivity contribution in [1.82, 2.24) is 0 Å². The van der Waals surface area contributed by atoms with Gasteiger partial charge < -0.3 is 14.6 Å². The number of phenolic OH excluding ortho intramolecular Hbond substituents is 1. The van der Waals surface area contributed by atoms with E-state index in [-0.39, 0.29) is 23.2 Å². The number of aryl methyl sites for hydroxylation is 1. The van der Waals surface area contributed by atoms with E-state index in [2.05, 4.69) is 13.0 Å². The average molecular weight is 342 g/mol. The first-order chi connectivity index (χ1) is 11.9. The van der Waals surface area contributed by atoms with Crippen LogP contribution in [0.5, 0.6) is 11.5 Å². The van der Waals surface area contributed by atoms with Crippen LogP contribution < -0.4 is 4.74 Å². The van der Waals surface area contributed by atoms with Crippen LogP contribution in [0, 0.1) is 17.3 Å². The quantitative estimate of drug-likeness (QED) is 0.822. The van der Waals surface area contributed by atoms with Gasteiger partial charge in [-0.1, -0.05) is 13.0 Å². The maximum absolute atomic E-state index is 11.5. The first kappa shape index (κ1) is 16.5. The van der Waals surface area contributed by atoms with E-state index in [1.807, 2.05) is 12.1 Å². The fourth-order valence-corrected chi connectivity index (χ4v) is 5.49. The second-order valence-electron chi connectivity index (χ2n) is 7.98. The molecular weight excluding hydrogens is 316 g/mol. The molecule has 25 heavy (non-hydrogen) atoms. The molecule has 0 aromatic heterocycles. The molecule has 4 heteroatoms. The summed E-state index contributed by atoms with van der Waals surface area (Å²) < 4.78 is 11.0. The van der Waals surface area contributed by atoms with E-state index in [0.29, 0.717) is 17.6 Å². The zero-order valence-electron chi connectivity index (χ0n) is 15.2. The third-order valence-electron chi connectivity index (χ3n) is 6.72. The van der Waals surface area contributed by atoms with Gasteiger partial charge in [-0.05, 0) is 72.8 Å². The van der Waals surface area contributed by atoms with E-state index >= 15 is 0 Å². The molecule has 0 saturated heterocycles. The Bertz CT molecular complexity index is 751. The Labute approximate surface area is 148 Å². The fraction of sp³-hybridized carbons (Fsp3) is 0.571. The summed E-state index contributed by atoms with van der Waals surface area (Å²) in [7, 11) is 1.59. The van der Waals surface area contributed by atoms with Crippen LogP contribution in [-0.2, 0) is 16.0 Å². The van der Waals surface area contributed by atoms with Crippen LogP contribution >= 0.6 is 0 Å². The van der Waals surface area contributed by atoms with E-state index in [1.165, 1.54) is 23.6 Å². The Balaban J connectivity index is 1.72. The van der Waals surface area contributed by atoms with Crippen LogP contribution in [0.2, 0.25) is 0 Å². The molecule has 1 saturated carbocycles. The highest BCUT2D eigenvalue weighted by Crippen LogP contribution is 2.59. The molecule has 0 aliphatic heterocycles. The van der Waals surface area contributed by atoms with Crippen LogP contribution in [0.15, 0.2) is 18.2 Å².